The molecule has 0 bridgehead atoms. The van der Waals surface area contributed by atoms with Crippen LogP contribution in [0.2, 0.25) is 0 Å². The molecule has 0 heterocycles. The van der Waals surface area contributed by atoms with Gasteiger partial charge in [-0.3, -0.25) is 4.99 Å². The van der Waals surface area contributed by atoms with Gasteiger partial charge in [0.05, 0.1) is 11.4 Å². The summed E-state index contributed by atoms with van der Waals surface area (Å²) < 4.78 is 0. The van der Waals surface area contributed by atoms with E-state index in [1.165, 1.54) is 5.56 Å². The molecule has 0 unspecified atom stereocenters. The summed E-state index contributed by atoms with van der Waals surface area (Å²) in [5.41, 5.74) is 3.27. The van der Waals surface area contributed by atoms with Gasteiger partial charge in [0.25, 0.3) is 0 Å². The highest BCUT2D eigenvalue weighted by Gasteiger charge is 2.03. The maximum absolute atomic E-state index is 3.93. The molecule has 0 atom stereocenters. The first-order valence-electron chi connectivity index (χ1n) is 4.47. The van der Waals surface area contributed by atoms with Crippen LogP contribution in [0, 0.1) is 0 Å². The first-order valence-corrected chi connectivity index (χ1v) is 4.47. The molecule has 0 radical (unpaired) electrons. The number of benzene rings is 1. The zero-order valence-electron chi connectivity index (χ0n) is 8.46. The van der Waals surface area contributed by atoms with Crippen molar-refractivity contribution in [2.24, 2.45) is 4.99 Å². The number of nitrogens with one attached hydrogen (secondary N) is 1. The molecule has 0 aliphatic heterocycles. The van der Waals surface area contributed by atoms with E-state index in [0.717, 1.165) is 11.4 Å². The highest BCUT2D eigenvalue weighted by molar-refractivity contribution is 5.68. The van der Waals surface area contributed by atoms with E-state index in [2.05, 4.69) is 43.0 Å². The van der Waals surface area contributed by atoms with Gasteiger partial charge in [0.1, 0.15) is 0 Å². The van der Waals surface area contributed by atoms with Crippen molar-refractivity contribution in [1.82, 2.24) is 0 Å². The summed E-state index contributed by atoms with van der Waals surface area (Å²) >= 11 is 0. The third kappa shape index (κ3) is 2.08. The van der Waals surface area contributed by atoms with E-state index >= 15 is 0 Å². The molecule has 0 saturated heterocycles. The molecule has 0 aliphatic rings. The summed E-state index contributed by atoms with van der Waals surface area (Å²) in [7, 11) is 1.90. The molecule has 1 rings (SSSR count). The van der Waals surface area contributed by atoms with Crippen LogP contribution in [-0.4, -0.2) is 13.8 Å². The van der Waals surface area contributed by atoms with Gasteiger partial charge in [-0.05, 0) is 30.3 Å². The van der Waals surface area contributed by atoms with Crippen LogP contribution in [0.5, 0.6) is 0 Å². The van der Waals surface area contributed by atoms with E-state index in [-0.39, 0.29) is 0 Å². The second kappa shape index (κ2) is 4.08. The summed E-state index contributed by atoms with van der Waals surface area (Å²) in [6.45, 7) is 7.88. The average Bonchev–Trinajstić information content (AvgIpc) is 2.16. The Bertz CT molecular complexity index is 303. The lowest BCUT2D eigenvalue weighted by Gasteiger charge is -2.10. The van der Waals surface area contributed by atoms with Crippen molar-refractivity contribution >= 4 is 18.1 Å². The van der Waals surface area contributed by atoms with Gasteiger partial charge in [-0.1, -0.05) is 19.9 Å². The van der Waals surface area contributed by atoms with Crippen molar-refractivity contribution in [2.45, 2.75) is 19.8 Å². The minimum atomic E-state index is 0.547. The average molecular weight is 176 g/mol. The smallest absolute Gasteiger partial charge is 0.0853 e. The molecule has 0 aromatic heterocycles. The highest BCUT2D eigenvalue weighted by atomic mass is 14.9. The maximum Gasteiger partial charge on any atom is 0.0853 e. The standard InChI is InChI=1S/C11H16N2/c1-8(2)9-5-6-10(12-3)11(7-9)13-4/h5-8,13H,3H2,1-2,4H3. The Labute approximate surface area is 79.7 Å². The van der Waals surface area contributed by atoms with Crippen molar-refractivity contribution < 1.29 is 0 Å². The number of aliphatic imine (C=N–C) groups is 1. The molecule has 0 saturated carbocycles. The van der Waals surface area contributed by atoms with Crippen LogP contribution in [-0.2, 0) is 0 Å². The summed E-state index contributed by atoms with van der Waals surface area (Å²) in [4.78, 5) is 3.93. The maximum atomic E-state index is 3.93. The fraction of sp³-hybridized carbons (Fsp3) is 0.364. The van der Waals surface area contributed by atoms with E-state index in [9.17, 15) is 0 Å². The Balaban J connectivity index is 3.12. The Morgan fingerprint density at radius 3 is 2.54 bits per heavy atom. The predicted octanol–water partition coefficient (Wildman–Crippen LogP) is 3.18. The third-order valence-electron chi connectivity index (χ3n) is 2.13. The summed E-state index contributed by atoms with van der Waals surface area (Å²) in [5, 5.41) is 3.11. The first kappa shape index (κ1) is 9.78. The van der Waals surface area contributed by atoms with Gasteiger partial charge in [0.2, 0.25) is 0 Å². The monoisotopic (exact) mass is 176 g/mol. The molecule has 0 aliphatic carbocycles. The van der Waals surface area contributed by atoms with Gasteiger partial charge in [-0.2, -0.15) is 0 Å². The molecule has 0 spiro atoms. The van der Waals surface area contributed by atoms with Crippen molar-refractivity contribution in [1.29, 1.82) is 0 Å². The summed E-state index contributed by atoms with van der Waals surface area (Å²) in [5.74, 6) is 0.547. The fourth-order valence-corrected chi connectivity index (χ4v) is 1.25. The van der Waals surface area contributed by atoms with Crippen LogP contribution < -0.4 is 5.32 Å². The first-order chi connectivity index (χ1) is 6.19. The van der Waals surface area contributed by atoms with E-state index in [4.69, 9.17) is 0 Å². The zero-order chi connectivity index (χ0) is 9.84. The topological polar surface area (TPSA) is 24.4 Å². The van der Waals surface area contributed by atoms with Crippen LogP contribution in [0.3, 0.4) is 0 Å². The molecule has 0 fully saturated rings. The Kier molecular flexibility index (Phi) is 3.07. The van der Waals surface area contributed by atoms with E-state index in [1.54, 1.807) is 0 Å². The lowest BCUT2D eigenvalue weighted by Crippen LogP contribution is -1.92. The second-order valence-corrected chi connectivity index (χ2v) is 3.34. The van der Waals surface area contributed by atoms with Crippen molar-refractivity contribution in [3.8, 4) is 0 Å². The number of nitrogens with zero attached hydrogens (tertiary/aromatic N) is 1. The van der Waals surface area contributed by atoms with Crippen LogP contribution >= 0.6 is 0 Å². The van der Waals surface area contributed by atoms with Gasteiger partial charge in [-0.15, -0.1) is 0 Å². The van der Waals surface area contributed by atoms with E-state index in [1.807, 2.05) is 13.1 Å². The molecule has 1 aromatic rings. The van der Waals surface area contributed by atoms with Crippen molar-refractivity contribution in [3.63, 3.8) is 0 Å². The predicted molar refractivity (Wildman–Crippen MR) is 59.3 cm³/mol. The van der Waals surface area contributed by atoms with E-state index < -0.39 is 0 Å². The lowest BCUT2D eigenvalue weighted by molar-refractivity contribution is 0.867. The molecule has 1 aromatic carbocycles. The number of anilines is 1. The fourth-order valence-electron chi connectivity index (χ4n) is 1.25. The minimum absolute atomic E-state index is 0.547. The van der Waals surface area contributed by atoms with Crippen molar-refractivity contribution in [2.75, 3.05) is 12.4 Å². The molecule has 13 heavy (non-hydrogen) atoms. The van der Waals surface area contributed by atoms with Gasteiger partial charge in [0.15, 0.2) is 0 Å². The number of hydrogen-bond donors (Lipinski definition) is 1. The summed E-state index contributed by atoms with van der Waals surface area (Å²) in [6.07, 6.45) is 0. The minimum Gasteiger partial charge on any atom is -0.386 e. The molecule has 2 heteroatoms. The molecular formula is C11H16N2. The third-order valence-corrected chi connectivity index (χ3v) is 2.13. The van der Waals surface area contributed by atoms with E-state index in [0.29, 0.717) is 5.92 Å². The number of hydrogen-bond acceptors (Lipinski definition) is 2. The van der Waals surface area contributed by atoms with Crippen LogP contribution in [0.25, 0.3) is 0 Å². The quantitative estimate of drug-likeness (QED) is 0.703. The largest absolute Gasteiger partial charge is 0.386 e. The molecule has 0 amide bonds. The lowest BCUT2D eigenvalue weighted by atomic mass is 10.0. The molecule has 2 nitrogen and oxygen atoms in total. The molecular weight excluding hydrogens is 160 g/mol. The Morgan fingerprint density at radius 2 is 2.08 bits per heavy atom. The SMILES string of the molecule is C=Nc1ccc(C(C)C)cc1NC. The molecule has 70 valence electrons. The van der Waals surface area contributed by atoms with Gasteiger partial charge < -0.3 is 5.32 Å². The van der Waals surface area contributed by atoms with Crippen LogP contribution in [0.4, 0.5) is 11.4 Å². The van der Waals surface area contributed by atoms with Gasteiger partial charge in [-0.25, -0.2) is 0 Å². The normalized spacial score (nSPS) is 10.2. The van der Waals surface area contributed by atoms with Crippen LogP contribution in [0.1, 0.15) is 25.3 Å². The molecule has 1 N–H and O–H groups in total. The van der Waals surface area contributed by atoms with Crippen LogP contribution in [0.15, 0.2) is 23.2 Å². The Hall–Kier alpha value is -1.31. The Morgan fingerprint density at radius 1 is 1.38 bits per heavy atom. The second-order valence-electron chi connectivity index (χ2n) is 3.34. The summed E-state index contributed by atoms with van der Waals surface area (Å²) in [6, 6.07) is 6.21. The highest BCUT2D eigenvalue weighted by Crippen LogP contribution is 2.28. The van der Waals surface area contributed by atoms with Gasteiger partial charge in [0, 0.05) is 7.05 Å². The van der Waals surface area contributed by atoms with Crippen molar-refractivity contribution in [3.05, 3.63) is 23.8 Å². The number of rotatable bonds is 3. The van der Waals surface area contributed by atoms with Gasteiger partial charge >= 0.3 is 0 Å². The zero-order valence-corrected chi connectivity index (χ0v) is 8.46.